The van der Waals surface area contributed by atoms with Crippen molar-refractivity contribution in [1.29, 1.82) is 0 Å². The zero-order valence-corrected chi connectivity index (χ0v) is 11.8. The highest BCUT2D eigenvalue weighted by molar-refractivity contribution is 5.78. The molecule has 0 aliphatic carbocycles. The molecule has 2 nitrogen and oxygen atoms in total. The van der Waals surface area contributed by atoms with Crippen molar-refractivity contribution in [2.75, 3.05) is 0 Å². The Bertz CT molecular complexity index is 345. The van der Waals surface area contributed by atoms with E-state index in [0.29, 0.717) is 6.42 Å². The predicted octanol–water partition coefficient (Wildman–Crippen LogP) is 3.56. The third-order valence-electron chi connectivity index (χ3n) is 3.03. The number of carbonyl (C=O) groups is 1. The van der Waals surface area contributed by atoms with Gasteiger partial charge >= 0.3 is 0 Å². The van der Waals surface area contributed by atoms with Gasteiger partial charge in [-0.1, -0.05) is 57.0 Å². The van der Waals surface area contributed by atoms with Crippen LogP contribution >= 0.6 is 0 Å². The third kappa shape index (κ3) is 6.43. The van der Waals surface area contributed by atoms with Crippen LogP contribution in [0.25, 0.3) is 0 Å². The maximum Gasteiger partial charge on any atom is 0.224 e. The standard InChI is InChI=1S/C16H25NO/c1-13(2)8-7-9-14(3)17-16(18)12-15-10-5-4-6-11-15/h4-6,10-11,13-14H,7-9,12H2,1-3H3,(H,17,18)/t14-/m0/s1. The first-order valence-electron chi connectivity index (χ1n) is 6.91. The summed E-state index contributed by atoms with van der Waals surface area (Å²) < 4.78 is 0. The molecule has 2 heteroatoms. The summed E-state index contributed by atoms with van der Waals surface area (Å²) in [5, 5.41) is 3.06. The molecule has 1 N–H and O–H groups in total. The number of carbonyl (C=O) groups excluding carboxylic acids is 1. The Labute approximate surface area is 111 Å². The van der Waals surface area contributed by atoms with Gasteiger partial charge in [0.05, 0.1) is 6.42 Å². The van der Waals surface area contributed by atoms with Gasteiger partial charge in [0.25, 0.3) is 0 Å². The van der Waals surface area contributed by atoms with E-state index >= 15 is 0 Å². The molecule has 1 rings (SSSR count). The van der Waals surface area contributed by atoms with Crippen molar-refractivity contribution < 1.29 is 4.79 Å². The Morgan fingerprint density at radius 1 is 1.11 bits per heavy atom. The van der Waals surface area contributed by atoms with Gasteiger partial charge in [0, 0.05) is 6.04 Å². The van der Waals surface area contributed by atoms with Gasteiger partial charge in [-0.15, -0.1) is 0 Å². The average Bonchev–Trinajstić information content (AvgIpc) is 2.29. The van der Waals surface area contributed by atoms with Crippen molar-refractivity contribution >= 4 is 5.91 Å². The fourth-order valence-electron chi connectivity index (χ4n) is 2.01. The van der Waals surface area contributed by atoms with Gasteiger partial charge < -0.3 is 5.32 Å². The lowest BCUT2D eigenvalue weighted by Gasteiger charge is -2.14. The lowest BCUT2D eigenvalue weighted by molar-refractivity contribution is -0.121. The van der Waals surface area contributed by atoms with Gasteiger partial charge in [-0.05, 0) is 24.8 Å². The van der Waals surface area contributed by atoms with Crippen molar-refractivity contribution in [1.82, 2.24) is 5.32 Å². The van der Waals surface area contributed by atoms with Crippen molar-refractivity contribution in [3.05, 3.63) is 35.9 Å². The van der Waals surface area contributed by atoms with Crippen LogP contribution in [0.1, 0.15) is 45.6 Å². The quantitative estimate of drug-likeness (QED) is 0.784. The molecule has 0 aliphatic rings. The highest BCUT2D eigenvalue weighted by Gasteiger charge is 2.08. The number of hydrogen-bond donors (Lipinski definition) is 1. The normalized spacial score (nSPS) is 12.4. The lowest BCUT2D eigenvalue weighted by atomic mass is 10.0. The number of benzene rings is 1. The van der Waals surface area contributed by atoms with E-state index in [1.54, 1.807) is 0 Å². The van der Waals surface area contributed by atoms with Crippen LogP contribution in [0.5, 0.6) is 0 Å². The minimum Gasteiger partial charge on any atom is -0.353 e. The van der Waals surface area contributed by atoms with Gasteiger partial charge in [-0.25, -0.2) is 0 Å². The maximum atomic E-state index is 11.8. The minimum atomic E-state index is 0.123. The molecule has 0 heterocycles. The molecule has 0 bridgehead atoms. The highest BCUT2D eigenvalue weighted by atomic mass is 16.1. The van der Waals surface area contributed by atoms with E-state index in [1.807, 2.05) is 30.3 Å². The number of amides is 1. The topological polar surface area (TPSA) is 29.1 Å². The molecule has 0 saturated heterocycles. The van der Waals surface area contributed by atoms with Gasteiger partial charge in [-0.3, -0.25) is 4.79 Å². The fraction of sp³-hybridized carbons (Fsp3) is 0.562. The van der Waals surface area contributed by atoms with Crippen LogP contribution in [0.3, 0.4) is 0 Å². The largest absolute Gasteiger partial charge is 0.353 e. The van der Waals surface area contributed by atoms with Gasteiger partial charge in [0.15, 0.2) is 0 Å². The Hall–Kier alpha value is -1.31. The Kier molecular flexibility index (Phi) is 6.48. The zero-order chi connectivity index (χ0) is 13.4. The summed E-state index contributed by atoms with van der Waals surface area (Å²) in [5.41, 5.74) is 1.07. The minimum absolute atomic E-state index is 0.123. The van der Waals surface area contributed by atoms with E-state index < -0.39 is 0 Å². The van der Waals surface area contributed by atoms with Crippen LogP contribution in [0, 0.1) is 5.92 Å². The Morgan fingerprint density at radius 2 is 1.78 bits per heavy atom. The van der Waals surface area contributed by atoms with E-state index in [0.717, 1.165) is 17.9 Å². The lowest BCUT2D eigenvalue weighted by Crippen LogP contribution is -2.33. The van der Waals surface area contributed by atoms with Crippen LogP contribution in [-0.4, -0.2) is 11.9 Å². The van der Waals surface area contributed by atoms with Crippen LogP contribution in [0.2, 0.25) is 0 Å². The summed E-state index contributed by atoms with van der Waals surface area (Å²) in [4.78, 5) is 11.8. The Morgan fingerprint density at radius 3 is 2.39 bits per heavy atom. The first kappa shape index (κ1) is 14.7. The Balaban J connectivity index is 2.23. The van der Waals surface area contributed by atoms with Crippen LogP contribution < -0.4 is 5.32 Å². The first-order valence-corrected chi connectivity index (χ1v) is 6.91. The van der Waals surface area contributed by atoms with Crippen molar-refractivity contribution in [3.63, 3.8) is 0 Å². The third-order valence-corrected chi connectivity index (χ3v) is 3.03. The predicted molar refractivity (Wildman–Crippen MR) is 76.4 cm³/mol. The van der Waals surface area contributed by atoms with E-state index in [2.05, 4.69) is 26.1 Å². The molecule has 18 heavy (non-hydrogen) atoms. The molecule has 1 amide bonds. The summed E-state index contributed by atoms with van der Waals surface area (Å²) in [6, 6.07) is 10.2. The van der Waals surface area contributed by atoms with Crippen molar-refractivity contribution in [2.45, 2.75) is 52.5 Å². The molecule has 1 aromatic carbocycles. The number of hydrogen-bond acceptors (Lipinski definition) is 1. The van der Waals surface area contributed by atoms with Gasteiger partial charge in [0.1, 0.15) is 0 Å². The second-order valence-corrected chi connectivity index (χ2v) is 5.46. The molecule has 0 unspecified atom stereocenters. The van der Waals surface area contributed by atoms with E-state index in [9.17, 15) is 4.79 Å². The number of rotatable bonds is 7. The molecule has 1 atom stereocenters. The summed E-state index contributed by atoms with van der Waals surface area (Å²) in [7, 11) is 0. The van der Waals surface area contributed by atoms with Crippen LogP contribution in [0.4, 0.5) is 0 Å². The van der Waals surface area contributed by atoms with E-state index in [-0.39, 0.29) is 11.9 Å². The number of nitrogens with one attached hydrogen (secondary N) is 1. The second-order valence-electron chi connectivity index (χ2n) is 5.46. The highest BCUT2D eigenvalue weighted by Crippen LogP contribution is 2.08. The van der Waals surface area contributed by atoms with E-state index in [1.165, 1.54) is 12.8 Å². The summed E-state index contributed by atoms with van der Waals surface area (Å²) in [6.45, 7) is 6.56. The molecular formula is C16H25NO. The summed E-state index contributed by atoms with van der Waals surface area (Å²) in [5.74, 6) is 0.871. The van der Waals surface area contributed by atoms with Crippen LogP contribution in [0.15, 0.2) is 30.3 Å². The fourth-order valence-corrected chi connectivity index (χ4v) is 2.01. The van der Waals surface area contributed by atoms with Gasteiger partial charge in [-0.2, -0.15) is 0 Å². The summed E-state index contributed by atoms with van der Waals surface area (Å²) in [6.07, 6.45) is 3.97. The molecule has 0 radical (unpaired) electrons. The van der Waals surface area contributed by atoms with E-state index in [4.69, 9.17) is 0 Å². The van der Waals surface area contributed by atoms with Crippen molar-refractivity contribution in [3.8, 4) is 0 Å². The monoisotopic (exact) mass is 247 g/mol. The molecule has 0 saturated carbocycles. The second kappa shape index (κ2) is 7.91. The zero-order valence-electron chi connectivity index (χ0n) is 11.8. The van der Waals surface area contributed by atoms with Gasteiger partial charge in [0.2, 0.25) is 5.91 Å². The molecule has 0 spiro atoms. The summed E-state index contributed by atoms with van der Waals surface area (Å²) >= 11 is 0. The van der Waals surface area contributed by atoms with Crippen LogP contribution in [-0.2, 0) is 11.2 Å². The molecule has 0 fully saturated rings. The van der Waals surface area contributed by atoms with Crippen molar-refractivity contribution in [2.24, 2.45) is 5.92 Å². The molecule has 1 aromatic rings. The first-order chi connectivity index (χ1) is 8.58. The molecule has 0 aromatic heterocycles. The SMILES string of the molecule is CC(C)CCC[C@H](C)NC(=O)Cc1ccccc1. The maximum absolute atomic E-state index is 11.8. The molecular weight excluding hydrogens is 222 g/mol. The average molecular weight is 247 g/mol. The smallest absolute Gasteiger partial charge is 0.224 e. The molecule has 100 valence electrons. The molecule has 0 aliphatic heterocycles.